The van der Waals surface area contributed by atoms with E-state index in [1.807, 2.05) is 24.3 Å². The van der Waals surface area contributed by atoms with E-state index in [1.54, 1.807) is 6.92 Å². The van der Waals surface area contributed by atoms with Crippen molar-refractivity contribution in [3.05, 3.63) is 35.4 Å². The predicted octanol–water partition coefficient (Wildman–Crippen LogP) is 3.59. The molecule has 1 saturated heterocycles. The summed E-state index contributed by atoms with van der Waals surface area (Å²) in [6, 6.07) is 7.92. The number of nitrogens with zero attached hydrogens (tertiary/aromatic N) is 1. The summed E-state index contributed by atoms with van der Waals surface area (Å²) >= 11 is 0. The first kappa shape index (κ1) is 17.7. The Kier molecular flexibility index (Phi) is 7.27. The van der Waals surface area contributed by atoms with Gasteiger partial charge in [0.2, 0.25) is 0 Å². The number of hydrogen-bond donors (Lipinski definition) is 0. The highest BCUT2D eigenvalue weighted by molar-refractivity contribution is 5.96. The minimum absolute atomic E-state index is 0.0961. The Morgan fingerprint density at radius 2 is 1.74 bits per heavy atom. The maximum absolute atomic E-state index is 12.1. The molecular formula is C19H27NO3. The summed E-state index contributed by atoms with van der Waals surface area (Å²) in [5.41, 5.74) is 1.99. The Morgan fingerprint density at radius 3 is 2.39 bits per heavy atom. The van der Waals surface area contributed by atoms with Crippen LogP contribution in [0.4, 0.5) is 0 Å². The summed E-state index contributed by atoms with van der Waals surface area (Å²) in [6.45, 7) is 5.50. The highest BCUT2D eigenvalue weighted by Crippen LogP contribution is 2.15. The Morgan fingerprint density at radius 1 is 1.04 bits per heavy atom. The minimum atomic E-state index is -0.225. The number of rotatable bonds is 8. The molecule has 1 aromatic carbocycles. The van der Waals surface area contributed by atoms with E-state index in [-0.39, 0.29) is 11.8 Å². The van der Waals surface area contributed by atoms with Crippen LogP contribution in [-0.2, 0) is 16.1 Å². The van der Waals surface area contributed by atoms with Crippen LogP contribution >= 0.6 is 0 Å². The zero-order valence-corrected chi connectivity index (χ0v) is 14.1. The number of carbonyl (C=O) groups is 2. The highest BCUT2D eigenvalue weighted by atomic mass is 16.5. The maximum atomic E-state index is 12.1. The van der Waals surface area contributed by atoms with Crippen LogP contribution in [0.25, 0.3) is 0 Å². The van der Waals surface area contributed by atoms with Crippen LogP contribution in [0.5, 0.6) is 0 Å². The molecule has 4 heteroatoms. The van der Waals surface area contributed by atoms with E-state index in [1.165, 1.54) is 37.9 Å². The van der Waals surface area contributed by atoms with E-state index in [4.69, 9.17) is 4.74 Å². The predicted molar refractivity (Wildman–Crippen MR) is 90.4 cm³/mol. The van der Waals surface area contributed by atoms with Crippen molar-refractivity contribution in [2.75, 3.05) is 19.7 Å². The van der Waals surface area contributed by atoms with Crippen LogP contribution in [0, 0.1) is 0 Å². The first-order chi connectivity index (χ1) is 11.2. The Bertz CT molecular complexity index is 504. The third kappa shape index (κ3) is 6.14. The van der Waals surface area contributed by atoms with Crippen molar-refractivity contribution in [3.8, 4) is 0 Å². The van der Waals surface area contributed by atoms with Gasteiger partial charge in [-0.2, -0.15) is 0 Å². The number of Topliss-reactive ketones (excluding diaryl/α,β-unsaturated/α-hetero) is 1. The number of piperidine rings is 1. The molecule has 1 aliphatic heterocycles. The van der Waals surface area contributed by atoms with E-state index >= 15 is 0 Å². The van der Waals surface area contributed by atoms with Gasteiger partial charge in [-0.15, -0.1) is 0 Å². The van der Waals surface area contributed by atoms with Crippen LogP contribution in [0.2, 0.25) is 0 Å². The van der Waals surface area contributed by atoms with Crippen molar-refractivity contribution in [2.24, 2.45) is 0 Å². The molecular weight excluding hydrogens is 290 g/mol. The van der Waals surface area contributed by atoms with Crippen LogP contribution in [0.1, 0.15) is 61.4 Å². The van der Waals surface area contributed by atoms with Gasteiger partial charge in [0.1, 0.15) is 0 Å². The standard InChI is InChI=1S/C19H27NO3/c1-2-23-19(22)8-6-7-18(21)17-11-9-16(10-12-17)15-20-13-4-3-5-14-20/h9-12H,2-8,13-15H2,1H3. The molecule has 0 N–H and O–H groups in total. The summed E-state index contributed by atoms with van der Waals surface area (Å²) in [5.74, 6) is -0.129. The zero-order valence-electron chi connectivity index (χ0n) is 14.1. The van der Waals surface area contributed by atoms with Gasteiger partial charge < -0.3 is 4.74 Å². The Balaban J connectivity index is 1.76. The average molecular weight is 317 g/mol. The summed E-state index contributed by atoms with van der Waals surface area (Å²) < 4.78 is 4.86. The molecule has 1 aromatic rings. The van der Waals surface area contributed by atoms with Crippen molar-refractivity contribution < 1.29 is 14.3 Å². The van der Waals surface area contributed by atoms with Crippen LogP contribution < -0.4 is 0 Å². The molecule has 1 heterocycles. The van der Waals surface area contributed by atoms with Gasteiger partial charge in [0.25, 0.3) is 0 Å². The first-order valence-corrected chi connectivity index (χ1v) is 8.69. The molecule has 0 atom stereocenters. The monoisotopic (exact) mass is 317 g/mol. The van der Waals surface area contributed by atoms with E-state index in [9.17, 15) is 9.59 Å². The Labute approximate surface area is 138 Å². The van der Waals surface area contributed by atoms with E-state index in [0.29, 0.717) is 25.9 Å². The zero-order chi connectivity index (χ0) is 16.5. The first-order valence-electron chi connectivity index (χ1n) is 8.69. The highest BCUT2D eigenvalue weighted by Gasteiger charge is 2.11. The van der Waals surface area contributed by atoms with Gasteiger partial charge in [-0.3, -0.25) is 14.5 Å². The molecule has 23 heavy (non-hydrogen) atoms. The molecule has 4 nitrogen and oxygen atoms in total. The fraction of sp³-hybridized carbons (Fsp3) is 0.579. The van der Waals surface area contributed by atoms with Gasteiger partial charge in [-0.1, -0.05) is 30.7 Å². The lowest BCUT2D eigenvalue weighted by Gasteiger charge is -2.26. The molecule has 0 bridgehead atoms. The molecule has 0 aliphatic carbocycles. The molecule has 0 radical (unpaired) electrons. The molecule has 126 valence electrons. The van der Waals surface area contributed by atoms with Crippen molar-refractivity contribution >= 4 is 11.8 Å². The van der Waals surface area contributed by atoms with Gasteiger partial charge in [-0.05, 0) is 44.8 Å². The van der Waals surface area contributed by atoms with E-state index < -0.39 is 0 Å². The van der Waals surface area contributed by atoms with Gasteiger partial charge in [0, 0.05) is 24.9 Å². The van der Waals surface area contributed by atoms with Gasteiger partial charge >= 0.3 is 5.97 Å². The normalized spacial score (nSPS) is 15.3. The van der Waals surface area contributed by atoms with E-state index in [0.717, 1.165) is 12.1 Å². The van der Waals surface area contributed by atoms with Crippen molar-refractivity contribution in [3.63, 3.8) is 0 Å². The fourth-order valence-electron chi connectivity index (χ4n) is 2.94. The summed E-state index contributed by atoms with van der Waals surface area (Å²) in [5, 5.41) is 0. The van der Waals surface area contributed by atoms with Gasteiger partial charge in [-0.25, -0.2) is 0 Å². The quantitative estimate of drug-likeness (QED) is 0.543. The number of carbonyl (C=O) groups excluding carboxylic acids is 2. The molecule has 0 amide bonds. The molecule has 2 rings (SSSR count). The SMILES string of the molecule is CCOC(=O)CCCC(=O)c1ccc(CN2CCCCC2)cc1. The third-order valence-corrected chi connectivity index (χ3v) is 4.22. The number of ketones is 1. The maximum Gasteiger partial charge on any atom is 0.305 e. The minimum Gasteiger partial charge on any atom is -0.466 e. The van der Waals surface area contributed by atoms with Crippen LogP contribution in [-0.4, -0.2) is 36.3 Å². The van der Waals surface area contributed by atoms with Crippen LogP contribution in [0.3, 0.4) is 0 Å². The molecule has 0 saturated carbocycles. The Hall–Kier alpha value is -1.68. The lowest BCUT2D eigenvalue weighted by Crippen LogP contribution is -2.29. The number of likely N-dealkylation sites (tertiary alicyclic amines) is 1. The second kappa shape index (κ2) is 9.46. The second-order valence-electron chi connectivity index (χ2n) is 6.12. The summed E-state index contributed by atoms with van der Waals surface area (Å²) in [6.07, 6.45) is 5.17. The largest absolute Gasteiger partial charge is 0.466 e. The lowest BCUT2D eigenvalue weighted by molar-refractivity contribution is -0.143. The molecule has 0 aromatic heterocycles. The number of benzene rings is 1. The lowest BCUT2D eigenvalue weighted by atomic mass is 10.0. The summed E-state index contributed by atoms with van der Waals surface area (Å²) in [7, 11) is 0. The molecule has 0 unspecified atom stereocenters. The number of ether oxygens (including phenoxy) is 1. The van der Waals surface area contributed by atoms with Crippen molar-refractivity contribution in [2.45, 2.75) is 52.0 Å². The second-order valence-corrected chi connectivity index (χ2v) is 6.12. The van der Waals surface area contributed by atoms with Crippen molar-refractivity contribution in [1.82, 2.24) is 4.90 Å². The van der Waals surface area contributed by atoms with E-state index in [2.05, 4.69) is 4.90 Å². The van der Waals surface area contributed by atoms with Crippen molar-refractivity contribution in [1.29, 1.82) is 0 Å². The number of esters is 1. The van der Waals surface area contributed by atoms with Gasteiger partial charge in [0.15, 0.2) is 5.78 Å². The number of hydrogen-bond acceptors (Lipinski definition) is 4. The summed E-state index contributed by atoms with van der Waals surface area (Å²) in [4.78, 5) is 25.9. The average Bonchev–Trinajstić information content (AvgIpc) is 2.56. The molecule has 1 fully saturated rings. The molecule has 0 spiro atoms. The fourth-order valence-corrected chi connectivity index (χ4v) is 2.94. The molecule has 1 aliphatic rings. The van der Waals surface area contributed by atoms with Gasteiger partial charge in [0.05, 0.1) is 6.61 Å². The van der Waals surface area contributed by atoms with Crippen LogP contribution in [0.15, 0.2) is 24.3 Å². The third-order valence-electron chi connectivity index (χ3n) is 4.22. The topological polar surface area (TPSA) is 46.6 Å². The smallest absolute Gasteiger partial charge is 0.305 e.